The molecule has 1 saturated heterocycles. The van der Waals surface area contributed by atoms with Gasteiger partial charge < -0.3 is 14.1 Å². The molecule has 0 aliphatic carbocycles. The second-order valence-electron chi connectivity index (χ2n) is 5.48. The highest BCUT2D eigenvalue weighted by atomic mass is 16.5. The van der Waals surface area contributed by atoms with Gasteiger partial charge in [0.05, 0.1) is 25.0 Å². The molecule has 0 unspecified atom stereocenters. The third kappa shape index (κ3) is 3.74. The van der Waals surface area contributed by atoms with Gasteiger partial charge in [-0.05, 0) is 37.1 Å². The zero-order chi connectivity index (χ0) is 15.2. The first kappa shape index (κ1) is 14.8. The van der Waals surface area contributed by atoms with Crippen LogP contribution in [0.4, 0.5) is 0 Å². The predicted molar refractivity (Wildman–Crippen MR) is 80.7 cm³/mol. The fourth-order valence-electron chi connectivity index (χ4n) is 2.69. The molecule has 1 aliphatic heterocycles. The number of nitrogens with zero attached hydrogens (tertiary/aromatic N) is 2. The highest BCUT2D eigenvalue weighted by Crippen LogP contribution is 2.20. The molecule has 3 heterocycles. The Labute approximate surface area is 129 Å². The average molecular weight is 300 g/mol. The lowest BCUT2D eigenvalue weighted by Crippen LogP contribution is -2.37. The van der Waals surface area contributed by atoms with Crippen LogP contribution < -0.4 is 0 Å². The van der Waals surface area contributed by atoms with Crippen molar-refractivity contribution in [1.29, 1.82) is 0 Å². The van der Waals surface area contributed by atoms with Gasteiger partial charge in [0, 0.05) is 25.3 Å². The number of hydrogen-bond donors (Lipinski definition) is 0. The summed E-state index contributed by atoms with van der Waals surface area (Å²) < 4.78 is 10.8. The first-order chi connectivity index (χ1) is 10.8. The number of rotatable bonds is 5. The molecule has 2 aromatic heterocycles. The van der Waals surface area contributed by atoms with Crippen molar-refractivity contribution in [3.63, 3.8) is 0 Å². The van der Waals surface area contributed by atoms with Crippen LogP contribution in [0.2, 0.25) is 0 Å². The topological polar surface area (TPSA) is 55.6 Å². The summed E-state index contributed by atoms with van der Waals surface area (Å²) in [6.45, 7) is 2.29. The van der Waals surface area contributed by atoms with Crippen LogP contribution in [0.5, 0.6) is 0 Å². The van der Waals surface area contributed by atoms with Crippen LogP contribution in [0.3, 0.4) is 0 Å². The number of ether oxygens (including phenoxy) is 1. The molecule has 0 N–H and O–H groups in total. The van der Waals surface area contributed by atoms with E-state index < -0.39 is 0 Å². The van der Waals surface area contributed by atoms with Crippen molar-refractivity contribution in [2.24, 2.45) is 5.92 Å². The van der Waals surface area contributed by atoms with Gasteiger partial charge >= 0.3 is 0 Å². The molecule has 1 amide bonds. The first-order valence-corrected chi connectivity index (χ1v) is 7.62. The molecule has 5 nitrogen and oxygen atoms in total. The molecule has 116 valence electrons. The van der Waals surface area contributed by atoms with Crippen molar-refractivity contribution < 1.29 is 13.9 Å². The quantitative estimate of drug-likeness (QED) is 0.852. The smallest absolute Gasteiger partial charge is 0.226 e. The molecule has 3 rings (SSSR count). The number of aromatic nitrogens is 1. The molecule has 0 aromatic carbocycles. The van der Waals surface area contributed by atoms with Gasteiger partial charge in [0.1, 0.15) is 5.76 Å². The Kier molecular flexibility index (Phi) is 4.85. The van der Waals surface area contributed by atoms with E-state index in [0.717, 1.165) is 24.3 Å². The molecule has 5 heteroatoms. The molecule has 0 saturated carbocycles. The van der Waals surface area contributed by atoms with E-state index in [1.54, 1.807) is 12.5 Å². The zero-order valence-corrected chi connectivity index (χ0v) is 12.5. The Hall–Kier alpha value is -2.14. The maximum absolute atomic E-state index is 12.8. The Morgan fingerprint density at radius 2 is 2.05 bits per heavy atom. The van der Waals surface area contributed by atoms with Gasteiger partial charge in [-0.15, -0.1) is 0 Å². The van der Waals surface area contributed by atoms with Gasteiger partial charge in [-0.3, -0.25) is 9.78 Å². The summed E-state index contributed by atoms with van der Waals surface area (Å²) in [6, 6.07) is 9.48. The molecular formula is C17H20N2O3. The minimum Gasteiger partial charge on any atom is -0.467 e. The van der Waals surface area contributed by atoms with Crippen molar-refractivity contribution in [2.45, 2.75) is 25.9 Å². The standard InChI is InChI=1S/C17H20N2O3/c20-17(14-6-10-21-11-7-14)19(13-16-5-3-9-22-16)12-15-4-1-2-8-18-15/h1-5,8-9,14H,6-7,10-13H2. The second-order valence-corrected chi connectivity index (χ2v) is 5.48. The minimum atomic E-state index is 0.0347. The van der Waals surface area contributed by atoms with E-state index >= 15 is 0 Å². The SMILES string of the molecule is O=C(C1CCOCC1)N(Cc1ccccn1)Cc1ccco1. The van der Waals surface area contributed by atoms with Crippen LogP contribution in [-0.2, 0) is 22.6 Å². The second kappa shape index (κ2) is 7.22. The maximum atomic E-state index is 12.8. The van der Waals surface area contributed by atoms with Crippen molar-refractivity contribution >= 4 is 5.91 Å². The predicted octanol–water partition coefficient (Wildman–Crippen LogP) is 2.63. The largest absolute Gasteiger partial charge is 0.467 e. The normalized spacial score (nSPS) is 15.6. The number of hydrogen-bond acceptors (Lipinski definition) is 4. The number of carbonyl (C=O) groups is 1. The molecule has 2 aromatic rings. The van der Waals surface area contributed by atoms with Crippen molar-refractivity contribution in [1.82, 2.24) is 9.88 Å². The van der Waals surface area contributed by atoms with Gasteiger partial charge in [-0.25, -0.2) is 0 Å². The summed E-state index contributed by atoms with van der Waals surface area (Å²) in [5.41, 5.74) is 0.884. The third-order valence-corrected chi connectivity index (χ3v) is 3.89. The van der Waals surface area contributed by atoms with Crippen molar-refractivity contribution in [3.05, 3.63) is 54.2 Å². The van der Waals surface area contributed by atoms with E-state index in [1.807, 2.05) is 35.2 Å². The summed E-state index contributed by atoms with van der Waals surface area (Å²) in [6.07, 6.45) is 4.96. The third-order valence-electron chi connectivity index (χ3n) is 3.89. The van der Waals surface area contributed by atoms with E-state index in [9.17, 15) is 4.79 Å². The van der Waals surface area contributed by atoms with Crippen LogP contribution >= 0.6 is 0 Å². The van der Waals surface area contributed by atoms with Gasteiger partial charge in [0.2, 0.25) is 5.91 Å². The summed E-state index contributed by atoms with van der Waals surface area (Å²) in [5, 5.41) is 0. The van der Waals surface area contributed by atoms with Crippen LogP contribution in [0.15, 0.2) is 47.2 Å². The Bertz CT molecular complexity index is 577. The van der Waals surface area contributed by atoms with E-state index in [2.05, 4.69) is 4.98 Å². The summed E-state index contributed by atoms with van der Waals surface area (Å²) in [5.74, 6) is 0.981. The molecule has 0 atom stereocenters. The number of amides is 1. The van der Waals surface area contributed by atoms with Gasteiger partial charge in [0.25, 0.3) is 0 Å². The number of furan rings is 1. The lowest BCUT2D eigenvalue weighted by molar-refractivity contribution is -0.140. The molecule has 22 heavy (non-hydrogen) atoms. The van der Waals surface area contributed by atoms with Crippen molar-refractivity contribution in [3.8, 4) is 0 Å². The van der Waals surface area contributed by atoms with E-state index in [1.165, 1.54) is 0 Å². The summed E-state index contributed by atoms with van der Waals surface area (Å²) >= 11 is 0. The van der Waals surface area contributed by atoms with Gasteiger partial charge in [-0.1, -0.05) is 6.07 Å². The Morgan fingerprint density at radius 3 is 2.73 bits per heavy atom. The Balaban J connectivity index is 1.74. The zero-order valence-electron chi connectivity index (χ0n) is 12.5. The van der Waals surface area contributed by atoms with Gasteiger partial charge in [-0.2, -0.15) is 0 Å². The van der Waals surface area contributed by atoms with Crippen LogP contribution in [-0.4, -0.2) is 29.0 Å². The molecule has 1 fully saturated rings. The highest BCUT2D eigenvalue weighted by molar-refractivity contribution is 5.78. The van der Waals surface area contributed by atoms with E-state index in [0.29, 0.717) is 26.3 Å². The average Bonchev–Trinajstić information content (AvgIpc) is 3.08. The van der Waals surface area contributed by atoms with Gasteiger partial charge in [0.15, 0.2) is 0 Å². The molecule has 0 spiro atoms. The van der Waals surface area contributed by atoms with E-state index in [4.69, 9.17) is 9.15 Å². The van der Waals surface area contributed by atoms with Crippen molar-refractivity contribution in [2.75, 3.05) is 13.2 Å². The number of carbonyl (C=O) groups excluding carboxylic acids is 1. The number of pyridine rings is 1. The fourth-order valence-corrected chi connectivity index (χ4v) is 2.69. The maximum Gasteiger partial charge on any atom is 0.226 e. The lowest BCUT2D eigenvalue weighted by Gasteiger charge is -2.28. The fraction of sp³-hybridized carbons (Fsp3) is 0.412. The minimum absolute atomic E-state index is 0.0347. The summed E-state index contributed by atoms with van der Waals surface area (Å²) in [7, 11) is 0. The first-order valence-electron chi connectivity index (χ1n) is 7.62. The van der Waals surface area contributed by atoms with Crippen LogP contribution in [0.1, 0.15) is 24.3 Å². The summed E-state index contributed by atoms with van der Waals surface area (Å²) in [4.78, 5) is 19.0. The molecular weight excluding hydrogens is 280 g/mol. The molecule has 0 bridgehead atoms. The van der Waals surface area contributed by atoms with Crippen LogP contribution in [0, 0.1) is 5.92 Å². The molecule has 1 aliphatic rings. The van der Waals surface area contributed by atoms with Crippen LogP contribution in [0.25, 0.3) is 0 Å². The highest BCUT2D eigenvalue weighted by Gasteiger charge is 2.27. The Morgan fingerprint density at radius 1 is 1.18 bits per heavy atom. The molecule has 0 radical (unpaired) electrons. The lowest BCUT2D eigenvalue weighted by atomic mass is 9.98. The van der Waals surface area contributed by atoms with E-state index in [-0.39, 0.29) is 11.8 Å². The monoisotopic (exact) mass is 300 g/mol.